The first-order chi connectivity index (χ1) is 14.7. The maximum atomic E-state index is 12.3. The highest BCUT2D eigenvalue weighted by molar-refractivity contribution is 5.93. The minimum Gasteiger partial charge on any atom is -0.497 e. The predicted molar refractivity (Wildman–Crippen MR) is 113 cm³/mol. The molecule has 0 bridgehead atoms. The fourth-order valence-electron chi connectivity index (χ4n) is 3.36. The van der Waals surface area contributed by atoms with E-state index in [1.165, 1.54) is 12.3 Å². The van der Waals surface area contributed by atoms with E-state index in [1.54, 1.807) is 13.2 Å². The Morgan fingerprint density at radius 2 is 1.80 bits per heavy atom. The van der Waals surface area contributed by atoms with E-state index in [9.17, 15) is 9.59 Å². The van der Waals surface area contributed by atoms with Gasteiger partial charge in [0.1, 0.15) is 5.75 Å². The van der Waals surface area contributed by atoms with E-state index in [4.69, 9.17) is 9.15 Å². The Bertz CT molecular complexity index is 1160. The van der Waals surface area contributed by atoms with Crippen LogP contribution in [0.25, 0.3) is 22.2 Å². The van der Waals surface area contributed by atoms with Crippen LogP contribution in [0.2, 0.25) is 0 Å². The molecular weight excluding hydrogens is 382 g/mol. The van der Waals surface area contributed by atoms with Crippen LogP contribution in [0, 0.1) is 0 Å². The van der Waals surface area contributed by atoms with E-state index in [-0.39, 0.29) is 18.1 Å². The lowest BCUT2D eigenvalue weighted by molar-refractivity contribution is -0.121. The summed E-state index contributed by atoms with van der Waals surface area (Å²) in [4.78, 5) is 27.6. The van der Waals surface area contributed by atoms with Crippen molar-refractivity contribution in [2.24, 2.45) is 0 Å². The Balaban J connectivity index is 1.50. The minimum absolute atomic E-state index is 0.133. The summed E-state index contributed by atoms with van der Waals surface area (Å²) in [5, 5.41) is 1.07. The van der Waals surface area contributed by atoms with Gasteiger partial charge >= 0.3 is 5.91 Å². The number of ether oxygens (including phenoxy) is 1. The molecule has 0 unspecified atom stereocenters. The van der Waals surface area contributed by atoms with Gasteiger partial charge in [-0.3, -0.25) is 20.4 Å². The molecule has 0 saturated carbocycles. The first-order valence-electron chi connectivity index (χ1n) is 9.52. The third-order valence-corrected chi connectivity index (χ3v) is 4.85. The number of H-pyrrole nitrogens is 1. The molecule has 0 atom stereocenters. The average molecular weight is 403 g/mol. The second-order valence-corrected chi connectivity index (χ2v) is 6.73. The number of hydrazine groups is 1. The topological polar surface area (TPSA) is 96.4 Å². The van der Waals surface area contributed by atoms with Gasteiger partial charge in [-0.25, -0.2) is 0 Å². The number of para-hydroxylation sites is 1. The molecule has 0 aliphatic rings. The summed E-state index contributed by atoms with van der Waals surface area (Å²) in [5.41, 5.74) is 8.81. The van der Waals surface area contributed by atoms with Crippen LogP contribution in [-0.4, -0.2) is 23.9 Å². The van der Waals surface area contributed by atoms with E-state index in [2.05, 4.69) is 15.8 Å². The summed E-state index contributed by atoms with van der Waals surface area (Å²) < 4.78 is 10.2. The van der Waals surface area contributed by atoms with Gasteiger partial charge in [0.2, 0.25) is 5.91 Å². The Morgan fingerprint density at radius 3 is 2.53 bits per heavy atom. The molecule has 0 saturated heterocycles. The van der Waals surface area contributed by atoms with Gasteiger partial charge in [0.15, 0.2) is 5.76 Å². The Labute approximate surface area is 173 Å². The number of fused-ring (bicyclic) bond motifs is 1. The smallest absolute Gasteiger partial charge is 0.305 e. The lowest BCUT2D eigenvalue weighted by Gasteiger charge is -2.08. The van der Waals surface area contributed by atoms with Crippen molar-refractivity contribution in [3.8, 4) is 17.0 Å². The zero-order valence-electron chi connectivity index (χ0n) is 16.4. The summed E-state index contributed by atoms with van der Waals surface area (Å²) in [6.07, 6.45) is 2.12. The number of benzene rings is 2. The van der Waals surface area contributed by atoms with E-state index in [1.807, 2.05) is 48.5 Å². The van der Waals surface area contributed by atoms with Gasteiger partial charge in [-0.2, -0.15) is 0 Å². The number of amides is 2. The van der Waals surface area contributed by atoms with Gasteiger partial charge in [0.05, 0.1) is 13.4 Å². The predicted octanol–water partition coefficient (Wildman–Crippen LogP) is 3.83. The lowest BCUT2D eigenvalue weighted by atomic mass is 10.0. The van der Waals surface area contributed by atoms with Crippen molar-refractivity contribution in [1.82, 2.24) is 15.8 Å². The zero-order valence-corrected chi connectivity index (χ0v) is 16.4. The van der Waals surface area contributed by atoms with Gasteiger partial charge in [-0.05, 0) is 60.0 Å². The molecule has 4 rings (SSSR count). The summed E-state index contributed by atoms with van der Waals surface area (Å²) >= 11 is 0. The van der Waals surface area contributed by atoms with Crippen molar-refractivity contribution in [3.05, 3.63) is 78.3 Å². The number of carbonyl (C=O) groups is 2. The van der Waals surface area contributed by atoms with E-state index < -0.39 is 5.91 Å². The molecule has 2 amide bonds. The molecule has 2 aromatic heterocycles. The van der Waals surface area contributed by atoms with E-state index >= 15 is 0 Å². The molecule has 7 nitrogen and oxygen atoms in total. The maximum absolute atomic E-state index is 12.3. The van der Waals surface area contributed by atoms with Crippen LogP contribution in [0.3, 0.4) is 0 Å². The molecule has 0 fully saturated rings. The van der Waals surface area contributed by atoms with Crippen molar-refractivity contribution >= 4 is 22.7 Å². The summed E-state index contributed by atoms with van der Waals surface area (Å²) in [6.45, 7) is 0. The molecular formula is C23H21N3O4. The highest BCUT2D eigenvalue weighted by Crippen LogP contribution is 2.32. The van der Waals surface area contributed by atoms with Crippen LogP contribution in [0.1, 0.15) is 22.5 Å². The largest absolute Gasteiger partial charge is 0.497 e. The quantitative estimate of drug-likeness (QED) is 0.426. The number of aryl methyl sites for hydroxylation is 1. The second kappa shape index (κ2) is 8.57. The highest BCUT2D eigenvalue weighted by Gasteiger charge is 2.15. The molecule has 3 N–H and O–H groups in total. The Hall–Kier alpha value is -4.00. The van der Waals surface area contributed by atoms with Crippen LogP contribution in [0.5, 0.6) is 5.75 Å². The third-order valence-electron chi connectivity index (χ3n) is 4.85. The molecule has 7 heteroatoms. The number of rotatable bonds is 6. The summed E-state index contributed by atoms with van der Waals surface area (Å²) in [6, 6.07) is 18.9. The standard InChI is InChI=1S/C23H21N3O4/c1-29-16-10-8-15(9-11-16)22-18(17-5-2-3-6-19(17)24-22)12-13-21(27)25-26-23(28)20-7-4-14-30-20/h2-11,14,24H,12-13H2,1H3,(H,25,27)(H,26,28). The van der Waals surface area contributed by atoms with Gasteiger partial charge in [-0.15, -0.1) is 0 Å². The SMILES string of the molecule is COc1ccc(-c2[nH]c3ccccc3c2CCC(=O)NNC(=O)c2ccco2)cc1. The molecule has 4 aromatic rings. The van der Waals surface area contributed by atoms with Crippen molar-refractivity contribution in [2.45, 2.75) is 12.8 Å². The van der Waals surface area contributed by atoms with Crippen LogP contribution < -0.4 is 15.6 Å². The number of aromatic nitrogens is 1. The van der Waals surface area contributed by atoms with Crippen LogP contribution in [-0.2, 0) is 11.2 Å². The number of aromatic amines is 1. The Morgan fingerprint density at radius 1 is 1.00 bits per heavy atom. The monoisotopic (exact) mass is 403 g/mol. The van der Waals surface area contributed by atoms with Crippen molar-refractivity contribution in [3.63, 3.8) is 0 Å². The molecule has 152 valence electrons. The van der Waals surface area contributed by atoms with E-state index in [0.29, 0.717) is 6.42 Å². The minimum atomic E-state index is -0.501. The normalized spacial score (nSPS) is 10.7. The molecule has 0 spiro atoms. The number of hydrogen-bond acceptors (Lipinski definition) is 4. The van der Waals surface area contributed by atoms with Crippen molar-refractivity contribution < 1.29 is 18.7 Å². The summed E-state index contributed by atoms with van der Waals surface area (Å²) in [5.74, 6) is 0.122. The highest BCUT2D eigenvalue weighted by atomic mass is 16.5. The fraction of sp³-hybridized carbons (Fsp3) is 0.130. The van der Waals surface area contributed by atoms with Gasteiger partial charge in [-0.1, -0.05) is 18.2 Å². The molecule has 2 heterocycles. The van der Waals surface area contributed by atoms with Crippen LogP contribution >= 0.6 is 0 Å². The second-order valence-electron chi connectivity index (χ2n) is 6.73. The van der Waals surface area contributed by atoms with Gasteiger partial charge in [0, 0.05) is 23.0 Å². The molecule has 0 aliphatic heterocycles. The number of nitrogens with one attached hydrogen (secondary N) is 3. The van der Waals surface area contributed by atoms with Crippen LogP contribution in [0.4, 0.5) is 0 Å². The molecule has 30 heavy (non-hydrogen) atoms. The summed E-state index contributed by atoms with van der Waals surface area (Å²) in [7, 11) is 1.63. The molecule has 2 aromatic carbocycles. The molecule has 0 aliphatic carbocycles. The first-order valence-corrected chi connectivity index (χ1v) is 9.52. The van der Waals surface area contributed by atoms with Gasteiger partial charge in [0.25, 0.3) is 0 Å². The Kier molecular flexibility index (Phi) is 5.52. The number of methoxy groups -OCH3 is 1. The number of carbonyl (C=O) groups excluding carboxylic acids is 2. The molecule has 0 radical (unpaired) electrons. The van der Waals surface area contributed by atoms with Gasteiger partial charge < -0.3 is 14.1 Å². The maximum Gasteiger partial charge on any atom is 0.305 e. The first kappa shape index (κ1) is 19.3. The van der Waals surface area contributed by atoms with Crippen molar-refractivity contribution in [2.75, 3.05) is 7.11 Å². The zero-order chi connectivity index (χ0) is 20.9. The average Bonchev–Trinajstić information content (AvgIpc) is 3.44. The van der Waals surface area contributed by atoms with Crippen LogP contribution in [0.15, 0.2) is 71.3 Å². The number of furan rings is 1. The van der Waals surface area contributed by atoms with E-state index in [0.717, 1.165) is 33.5 Å². The number of hydrogen-bond donors (Lipinski definition) is 3. The lowest BCUT2D eigenvalue weighted by Crippen LogP contribution is -2.41. The fourth-order valence-corrected chi connectivity index (χ4v) is 3.36. The van der Waals surface area contributed by atoms with Crippen molar-refractivity contribution in [1.29, 1.82) is 0 Å². The third kappa shape index (κ3) is 4.05.